The van der Waals surface area contributed by atoms with Crippen LogP contribution >= 0.6 is 0 Å². The summed E-state index contributed by atoms with van der Waals surface area (Å²) in [7, 11) is 0. The fraction of sp³-hybridized carbons (Fsp3) is 0.609. The quantitative estimate of drug-likeness (QED) is 0.811. The number of fused-ring (bicyclic) bond motifs is 1. The second-order valence-electron chi connectivity index (χ2n) is 9.43. The molecule has 3 rings (SSSR count). The lowest BCUT2D eigenvalue weighted by Gasteiger charge is -2.40. The standard InChI is InChI=1S/C23H32N2O4/c1-14(2)21(27)17-10-11-25(22(28)29-23(3,4)5)19(13-17)16-6-8-18-15(12-16)7-9-20(26)24-18/h6,8,12,14,17,19H,7,9-11,13H2,1-5H3,(H,24,26). The Morgan fingerprint density at radius 2 is 1.93 bits per heavy atom. The van der Waals surface area contributed by atoms with Crippen molar-refractivity contribution in [2.24, 2.45) is 11.8 Å². The number of aryl methyl sites for hydroxylation is 1. The minimum atomic E-state index is -0.577. The lowest BCUT2D eigenvalue weighted by molar-refractivity contribution is -0.128. The molecule has 2 aliphatic heterocycles. The van der Waals surface area contributed by atoms with Gasteiger partial charge in [0.1, 0.15) is 11.4 Å². The number of carbonyl (C=O) groups excluding carboxylic acids is 3. The van der Waals surface area contributed by atoms with Gasteiger partial charge in [0.2, 0.25) is 5.91 Å². The molecule has 2 heterocycles. The van der Waals surface area contributed by atoms with E-state index >= 15 is 0 Å². The average Bonchev–Trinajstić information content (AvgIpc) is 2.65. The molecule has 29 heavy (non-hydrogen) atoms. The minimum Gasteiger partial charge on any atom is -0.444 e. The molecule has 2 amide bonds. The van der Waals surface area contributed by atoms with E-state index in [-0.39, 0.29) is 35.7 Å². The van der Waals surface area contributed by atoms with Crippen LogP contribution < -0.4 is 5.32 Å². The highest BCUT2D eigenvalue weighted by molar-refractivity contribution is 5.94. The number of rotatable bonds is 3. The summed E-state index contributed by atoms with van der Waals surface area (Å²) in [5.41, 5.74) is 2.32. The largest absolute Gasteiger partial charge is 0.444 e. The van der Waals surface area contributed by atoms with Gasteiger partial charge in [0.05, 0.1) is 6.04 Å². The fourth-order valence-electron chi connectivity index (χ4n) is 4.16. The highest BCUT2D eigenvalue weighted by atomic mass is 16.6. The van der Waals surface area contributed by atoms with Gasteiger partial charge < -0.3 is 15.0 Å². The van der Waals surface area contributed by atoms with Gasteiger partial charge in [0, 0.05) is 30.5 Å². The molecular formula is C23H32N2O4. The Morgan fingerprint density at radius 1 is 1.21 bits per heavy atom. The van der Waals surface area contributed by atoms with E-state index in [2.05, 4.69) is 11.4 Å². The van der Waals surface area contributed by atoms with Gasteiger partial charge in [-0.15, -0.1) is 0 Å². The monoisotopic (exact) mass is 400 g/mol. The number of hydrogen-bond donors (Lipinski definition) is 1. The second-order valence-corrected chi connectivity index (χ2v) is 9.43. The minimum absolute atomic E-state index is 0.0209. The zero-order valence-electron chi connectivity index (χ0n) is 18.1. The molecule has 1 saturated heterocycles. The topological polar surface area (TPSA) is 75.7 Å². The third-order valence-electron chi connectivity index (χ3n) is 5.61. The first kappa shape index (κ1) is 21.3. The van der Waals surface area contributed by atoms with Crippen LogP contribution in [0, 0.1) is 11.8 Å². The first-order valence-corrected chi connectivity index (χ1v) is 10.5. The predicted octanol–water partition coefficient (Wildman–Crippen LogP) is 4.48. The highest BCUT2D eigenvalue weighted by Gasteiger charge is 2.38. The molecule has 0 saturated carbocycles. The zero-order chi connectivity index (χ0) is 21.3. The van der Waals surface area contributed by atoms with Gasteiger partial charge in [0.25, 0.3) is 0 Å². The number of ether oxygens (including phenoxy) is 1. The van der Waals surface area contributed by atoms with Crippen molar-refractivity contribution in [2.75, 3.05) is 11.9 Å². The van der Waals surface area contributed by atoms with Crippen molar-refractivity contribution in [2.45, 2.75) is 71.9 Å². The van der Waals surface area contributed by atoms with E-state index in [9.17, 15) is 14.4 Å². The molecule has 2 aliphatic rings. The SMILES string of the molecule is CC(C)C(=O)C1CCN(C(=O)OC(C)(C)C)C(c2ccc3c(c2)CCC(=O)N3)C1. The van der Waals surface area contributed by atoms with Crippen molar-refractivity contribution in [1.82, 2.24) is 4.90 Å². The summed E-state index contributed by atoms with van der Waals surface area (Å²) in [5, 5.41) is 2.90. The van der Waals surface area contributed by atoms with Crippen LogP contribution in [0.5, 0.6) is 0 Å². The van der Waals surface area contributed by atoms with Gasteiger partial charge in [0.15, 0.2) is 0 Å². The number of Topliss-reactive ketones (excluding diaryl/α,β-unsaturated/α-hetero) is 1. The molecule has 0 radical (unpaired) electrons. The summed E-state index contributed by atoms with van der Waals surface area (Å²) >= 11 is 0. The summed E-state index contributed by atoms with van der Waals surface area (Å²) in [4.78, 5) is 39.0. The fourth-order valence-corrected chi connectivity index (χ4v) is 4.16. The molecule has 158 valence electrons. The average molecular weight is 401 g/mol. The summed E-state index contributed by atoms with van der Waals surface area (Å²) in [5.74, 6) is 0.201. The van der Waals surface area contributed by atoms with Crippen LogP contribution in [0.1, 0.15) is 71.0 Å². The number of nitrogens with one attached hydrogen (secondary N) is 1. The molecule has 1 aromatic carbocycles. The van der Waals surface area contributed by atoms with E-state index < -0.39 is 5.60 Å². The normalized spacial score (nSPS) is 22.1. The predicted molar refractivity (Wildman–Crippen MR) is 112 cm³/mol. The third-order valence-corrected chi connectivity index (χ3v) is 5.61. The molecule has 1 N–H and O–H groups in total. The third kappa shape index (κ3) is 4.98. The first-order chi connectivity index (χ1) is 13.5. The molecule has 6 heteroatoms. The van der Waals surface area contributed by atoms with Gasteiger partial charge in [-0.1, -0.05) is 26.0 Å². The van der Waals surface area contributed by atoms with E-state index in [0.717, 1.165) is 16.8 Å². The van der Waals surface area contributed by atoms with Gasteiger partial charge in [-0.3, -0.25) is 9.59 Å². The van der Waals surface area contributed by atoms with E-state index in [0.29, 0.717) is 32.2 Å². The van der Waals surface area contributed by atoms with Crippen LogP contribution in [-0.2, 0) is 20.7 Å². The Labute approximate surface area is 173 Å². The molecular weight excluding hydrogens is 368 g/mol. The summed E-state index contributed by atoms with van der Waals surface area (Å²) < 4.78 is 5.64. The summed E-state index contributed by atoms with van der Waals surface area (Å²) in [6.07, 6.45) is 2.06. The van der Waals surface area contributed by atoms with E-state index in [1.807, 2.05) is 46.8 Å². The Balaban J connectivity index is 1.90. The van der Waals surface area contributed by atoms with E-state index in [4.69, 9.17) is 4.74 Å². The Bertz CT molecular complexity index is 810. The molecule has 0 bridgehead atoms. The number of nitrogens with zero attached hydrogens (tertiary/aromatic N) is 1. The van der Waals surface area contributed by atoms with Crippen LogP contribution in [0.25, 0.3) is 0 Å². The smallest absolute Gasteiger partial charge is 0.410 e. The number of piperidine rings is 1. The van der Waals surface area contributed by atoms with E-state index in [1.54, 1.807) is 4.90 Å². The number of likely N-dealkylation sites (tertiary alicyclic amines) is 1. The molecule has 6 nitrogen and oxygen atoms in total. The van der Waals surface area contributed by atoms with Gasteiger partial charge in [-0.2, -0.15) is 0 Å². The molecule has 1 fully saturated rings. The van der Waals surface area contributed by atoms with Crippen LogP contribution in [-0.4, -0.2) is 34.8 Å². The van der Waals surface area contributed by atoms with Crippen molar-refractivity contribution in [3.05, 3.63) is 29.3 Å². The lowest BCUT2D eigenvalue weighted by atomic mass is 9.81. The van der Waals surface area contributed by atoms with Crippen LogP contribution in [0.4, 0.5) is 10.5 Å². The second kappa shape index (κ2) is 8.17. The molecule has 0 aromatic heterocycles. The van der Waals surface area contributed by atoms with Crippen molar-refractivity contribution < 1.29 is 19.1 Å². The lowest BCUT2D eigenvalue weighted by Crippen LogP contribution is -2.45. The van der Waals surface area contributed by atoms with Gasteiger partial charge >= 0.3 is 6.09 Å². The zero-order valence-corrected chi connectivity index (χ0v) is 18.1. The Morgan fingerprint density at radius 3 is 2.59 bits per heavy atom. The number of carbonyl (C=O) groups is 3. The molecule has 1 aromatic rings. The van der Waals surface area contributed by atoms with Crippen molar-refractivity contribution in [1.29, 1.82) is 0 Å². The van der Waals surface area contributed by atoms with Crippen LogP contribution in [0.15, 0.2) is 18.2 Å². The number of ketones is 1. The summed E-state index contributed by atoms with van der Waals surface area (Å²) in [6.45, 7) is 9.93. The van der Waals surface area contributed by atoms with Gasteiger partial charge in [-0.05, 0) is 57.2 Å². The maximum atomic E-state index is 12.9. The van der Waals surface area contributed by atoms with Crippen LogP contribution in [0.3, 0.4) is 0 Å². The Hall–Kier alpha value is -2.37. The number of benzene rings is 1. The first-order valence-electron chi connectivity index (χ1n) is 10.5. The molecule has 2 unspecified atom stereocenters. The maximum absolute atomic E-state index is 12.9. The molecule has 0 spiro atoms. The summed E-state index contributed by atoms with van der Waals surface area (Å²) in [6, 6.07) is 5.71. The maximum Gasteiger partial charge on any atom is 0.410 e. The van der Waals surface area contributed by atoms with Crippen molar-refractivity contribution in [3.8, 4) is 0 Å². The Kier molecular flexibility index (Phi) is 6.01. The van der Waals surface area contributed by atoms with Crippen LogP contribution in [0.2, 0.25) is 0 Å². The molecule has 2 atom stereocenters. The van der Waals surface area contributed by atoms with Gasteiger partial charge in [-0.25, -0.2) is 4.79 Å². The van der Waals surface area contributed by atoms with Crippen molar-refractivity contribution in [3.63, 3.8) is 0 Å². The number of hydrogen-bond acceptors (Lipinski definition) is 4. The number of anilines is 1. The van der Waals surface area contributed by atoms with E-state index in [1.165, 1.54) is 0 Å². The number of amides is 2. The van der Waals surface area contributed by atoms with Crippen molar-refractivity contribution >= 4 is 23.5 Å². The highest BCUT2D eigenvalue weighted by Crippen LogP contribution is 2.38. The molecule has 0 aliphatic carbocycles.